The summed E-state index contributed by atoms with van der Waals surface area (Å²) in [6, 6.07) is 1.77. The molecule has 2 rings (SSSR count). The lowest BCUT2D eigenvalue weighted by Crippen LogP contribution is -2.02. The van der Waals surface area contributed by atoms with Gasteiger partial charge >= 0.3 is 0 Å². The lowest BCUT2D eigenvalue weighted by molar-refractivity contribution is 0.915. The van der Waals surface area contributed by atoms with Gasteiger partial charge in [0.1, 0.15) is 5.65 Å². The Balaban J connectivity index is 3.06. The Morgan fingerprint density at radius 3 is 3.18 bits per heavy atom. The smallest absolute Gasteiger partial charge is 0.209 e. The van der Waals surface area contributed by atoms with Crippen LogP contribution in [0.25, 0.3) is 11.0 Å². The minimum absolute atomic E-state index is 0.0423. The fourth-order valence-electron chi connectivity index (χ4n) is 1.09. The van der Waals surface area contributed by atoms with Gasteiger partial charge in [0.25, 0.3) is 0 Å². The highest BCUT2D eigenvalue weighted by Crippen LogP contribution is 2.03. The van der Waals surface area contributed by atoms with E-state index in [1.54, 1.807) is 6.07 Å². The first-order valence-corrected chi connectivity index (χ1v) is 3.28. The Kier molecular flexibility index (Phi) is 1.09. The average Bonchev–Trinajstić information content (AvgIpc) is 2.35. The number of rotatable bonds is 0. The summed E-state index contributed by atoms with van der Waals surface area (Å²) in [7, 11) is 1.86. The van der Waals surface area contributed by atoms with E-state index in [0.717, 1.165) is 5.65 Å². The highest BCUT2D eigenvalue weighted by Gasteiger charge is 1.99. The highest BCUT2D eigenvalue weighted by molar-refractivity contribution is 5.74. The van der Waals surface area contributed by atoms with E-state index in [4.69, 9.17) is 0 Å². The third-order valence-corrected chi connectivity index (χ3v) is 1.69. The van der Waals surface area contributed by atoms with Gasteiger partial charge in [0, 0.05) is 13.2 Å². The Bertz CT molecular complexity index is 440. The van der Waals surface area contributed by atoms with Crippen LogP contribution < -0.4 is 5.43 Å². The van der Waals surface area contributed by atoms with Crippen molar-refractivity contribution in [2.24, 2.45) is 7.05 Å². The molecular weight excluding hydrogens is 142 g/mol. The summed E-state index contributed by atoms with van der Waals surface area (Å²) >= 11 is 0. The number of fused-ring (bicyclic) bond motifs is 1. The first-order valence-electron chi connectivity index (χ1n) is 3.28. The van der Waals surface area contributed by atoms with Crippen molar-refractivity contribution in [3.63, 3.8) is 0 Å². The predicted octanol–water partition coefficient (Wildman–Crippen LogP) is 0.262. The number of aromatic nitrogens is 3. The molecule has 0 atom stereocenters. The fourth-order valence-corrected chi connectivity index (χ4v) is 1.09. The van der Waals surface area contributed by atoms with E-state index in [9.17, 15) is 4.79 Å². The maximum absolute atomic E-state index is 11.1. The highest BCUT2D eigenvalue weighted by atomic mass is 16.1. The van der Waals surface area contributed by atoms with Gasteiger partial charge in [0.05, 0.1) is 11.6 Å². The average molecular weight is 149 g/mol. The predicted molar refractivity (Wildman–Crippen MR) is 41.3 cm³/mol. The molecule has 1 N–H and O–H groups in total. The van der Waals surface area contributed by atoms with Crippen LogP contribution in [0.4, 0.5) is 0 Å². The number of nitrogens with one attached hydrogen (secondary N) is 1. The molecule has 0 bridgehead atoms. The first-order chi connectivity index (χ1) is 5.29. The number of nitrogens with zero attached hydrogens (tertiary/aromatic N) is 2. The molecule has 0 aliphatic carbocycles. The molecule has 2 aromatic heterocycles. The molecule has 0 aliphatic heterocycles. The molecule has 0 radical (unpaired) electrons. The van der Waals surface area contributed by atoms with Gasteiger partial charge in [-0.3, -0.25) is 9.89 Å². The van der Waals surface area contributed by atoms with Crippen LogP contribution >= 0.6 is 0 Å². The summed E-state index contributed by atoms with van der Waals surface area (Å²) in [6.07, 6.45) is 3.10. The van der Waals surface area contributed by atoms with Crippen molar-refractivity contribution in [1.29, 1.82) is 0 Å². The van der Waals surface area contributed by atoms with Crippen LogP contribution in [0.3, 0.4) is 0 Å². The number of hydrogen-bond donors (Lipinski definition) is 1. The van der Waals surface area contributed by atoms with Gasteiger partial charge in [0.2, 0.25) is 5.43 Å². The molecule has 11 heavy (non-hydrogen) atoms. The topological polar surface area (TPSA) is 50.7 Å². The van der Waals surface area contributed by atoms with E-state index in [0.29, 0.717) is 5.39 Å². The molecule has 0 saturated heterocycles. The normalized spacial score (nSPS) is 10.6. The molecule has 4 heteroatoms. The third-order valence-electron chi connectivity index (χ3n) is 1.69. The molecule has 0 fully saturated rings. The molecule has 2 aromatic rings. The molecule has 0 aromatic carbocycles. The third kappa shape index (κ3) is 0.756. The Morgan fingerprint density at radius 1 is 1.64 bits per heavy atom. The van der Waals surface area contributed by atoms with Crippen LogP contribution in [-0.4, -0.2) is 14.8 Å². The van der Waals surface area contributed by atoms with Crippen molar-refractivity contribution in [1.82, 2.24) is 14.8 Å². The Morgan fingerprint density at radius 2 is 2.45 bits per heavy atom. The van der Waals surface area contributed by atoms with Gasteiger partial charge < -0.3 is 4.57 Å². The van der Waals surface area contributed by atoms with Crippen LogP contribution in [0.1, 0.15) is 0 Å². The molecule has 0 spiro atoms. The molecule has 0 saturated carbocycles. The standard InChI is InChI=1S/C7H7N3O/c1-10-3-2-5-6(11)4-8-9-7(5)10/h2-4H,1H3,(H,9,11). The van der Waals surface area contributed by atoms with Crippen LogP contribution in [0.5, 0.6) is 0 Å². The molecule has 0 amide bonds. The van der Waals surface area contributed by atoms with Gasteiger partial charge in [0.15, 0.2) is 0 Å². The van der Waals surface area contributed by atoms with Crippen molar-refractivity contribution in [3.8, 4) is 0 Å². The van der Waals surface area contributed by atoms with Crippen LogP contribution in [0, 0.1) is 0 Å². The molecule has 4 nitrogen and oxygen atoms in total. The molecule has 56 valence electrons. The maximum Gasteiger partial charge on any atom is 0.209 e. The van der Waals surface area contributed by atoms with Crippen molar-refractivity contribution in [2.75, 3.05) is 0 Å². The monoisotopic (exact) mass is 149 g/mol. The molecule has 2 heterocycles. The van der Waals surface area contributed by atoms with E-state index in [1.807, 2.05) is 17.8 Å². The number of aryl methyl sites for hydroxylation is 1. The van der Waals surface area contributed by atoms with E-state index < -0.39 is 0 Å². The van der Waals surface area contributed by atoms with Crippen molar-refractivity contribution < 1.29 is 0 Å². The number of aromatic amines is 1. The minimum Gasteiger partial charge on any atom is -0.336 e. The number of H-pyrrole nitrogens is 1. The van der Waals surface area contributed by atoms with Crippen LogP contribution in [0.2, 0.25) is 0 Å². The largest absolute Gasteiger partial charge is 0.336 e. The van der Waals surface area contributed by atoms with Gasteiger partial charge in [-0.05, 0) is 6.07 Å². The van der Waals surface area contributed by atoms with Gasteiger partial charge in [-0.2, -0.15) is 5.10 Å². The summed E-state index contributed by atoms with van der Waals surface area (Å²) in [4.78, 5) is 11.1. The maximum atomic E-state index is 11.1. The van der Waals surface area contributed by atoms with Gasteiger partial charge in [-0.15, -0.1) is 0 Å². The summed E-state index contributed by atoms with van der Waals surface area (Å²) < 4.78 is 1.82. The summed E-state index contributed by atoms with van der Waals surface area (Å²) in [5, 5.41) is 7.12. The van der Waals surface area contributed by atoms with Crippen molar-refractivity contribution in [3.05, 3.63) is 28.7 Å². The quantitative estimate of drug-likeness (QED) is 0.584. The van der Waals surface area contributed by atoms with Crippen molar-refractivity contribution >= 4 is 11.0 Å². The van der Waals surface area contributed by atoms with Crippen LogP contribution in [-0.2, 0) is 7.05 Å². The second-order valence-electron chi connectivity index (χ2n) is 2.42. The second-order valence-corrected chi connectivity index (χ2v) is 2.42. The summed E-state index contributed by atoms with van der Waals surface area (Å²) in [6.45, 7) is 0. The Labute approximate surface area is 62.5 Å². The van der Waals surface area contributed by atoms with E-state index >= 15 is 0 Å². The Hall–Kier alpha value is -1.58. The zero-order valence-electron chi connectivity index (χ0n) is 6.03. The first kappa shape index (κ1) is 6.15. The molecular formula is C7H7N3O. The lowest BCUT2D eigenvalue weighted by Gasteiger charge is -1.92. The number of hydrogen-bond acceptors (Lipinski definition) is 2. The zero-order valence-corrected chi connectivity index (χ0v) is 6.03. The minimum atomic E-state index is -0.0423. The van der Waals surface area contributed by atoms with Crippen molar-refractivity contribution in [2.45, 2.75) is 0 Å². The van der Waals surface area contributed by atoms with Crippen LogP contribution in [0.15, 0.2) is 23.3 Å². The zero-order chi connectivity index (χ0) is 7.84. The SMILES string of the molecule is Cn1ccc2c(=O)cn[nH]c21. The lowest BCUT2D eigenvalue weighted by atomic mass is 10.4. The van der Waals surface area contributed by atoms with Gasteiger partial charge in [-0.25, -0.2) is 0 Å². The second kappa shape index (κ2) is 1.95. The fraction of sp³-hybridized carbons (Fsp3) is 0.143. The van der Waals surface area contributed by atoms with E-state index in [-0.39, 0.29) is 5.43 Å². The molecule has 0 unspecified atom stereocenters. The summed E-state index contributed by atoms with van der Waals surface area (Å²) in [5.74, 6) is 0. The molecule has 0 aliphatic rings. The summed E-state index contributed by atoms with van der Waals surface area (Å²) in [5.41, 5.74) is 0.719. The van der Waals surface area contributed by atoms with E-state index in [2.05, 4.69) is 10.2 Å². The van der Waals surface area contributed by atoms with Gasteiger partial charge in [-0.1, -0.05) is 0 Å². The van der Waals surface area contributed by atoms with E-state index in [1.165, 1.54) is 6.20 Å².